The van der Waals surface area contributed by atoms with Gasteiger partial charge in [0.05, 0.1) is 17.4 Å². The zero-order chi connectivity index (χ0) is 23.7. The number of aryl methyl sites for hydroxylation is 4. The van der Waals surface area contributed by atoms with Crippen LogP contribution in [0.25, 0.3) is 10.9 Å². The molecule has 33 heavy (non-hydrogen) atoms. The molecular formula is C27H27N3O3. The van der Waals surface area contributed by atoms with E-state index in [1.54, 1.807) is 24.3 Å². The summed E-state index contributed by atoms with van der Waals surface area (Å²) in [6, 6.07) is 18.6. The van der Waals surface area contributed by atoms with Gasteiger partial charge in [0.2, 0.25) is 5.91 Å². The van der Waals surface area contributed by atoms with Crippen molar-refractivity contribution in [3.63, 3.8) is 0 Å². The fourth-order valence-electron chi connectivity index (χ4n) is 4.24. The van der Waals surface area contributed by atoms with E-state index in [4.69, 9.17) is 0 Å². The Kier molecular flexibility index (Phi) is 6.01. The van der Waals surface area contributed by atoms with Gasteiger partial charge in [-0.1, -0.05) is 59.7 Å². The Morgan fingerprint density at radius 3 is 2.12 bits per heavy atom. The van der Waals surface area contributed by atoms with E-state index in [1.807, 2.05) is 64.1 Å². The highest BCUT2D eigenvalue weighted by Gasteiger charge is 2.16. The number of hydrogen-bond acceptors (Lipinski definition) is 3. The van der Waals surface area contributed by atoms with Gasteiger partial charge in [-0.15, -0.1) is 0 Å². The molecular weight excluding hydrogens is 414 g/mol. The SMILES string of the molecule is Cc1ccc(Cn2c(=O)c3ccccc3n(CC(=O)Nc3c(C)cc(C)cc3C)c2=O)cc1. The zero-order valence-corrected chi connectivity index (χ0v) is 19.3. The lowest BCUT2D eigenvalue weighted by molar-refractivity contribution is -0.116. The number of nitrogens with one attached hydrogen (secondary N) is 1. The monoisotopic (exact) mass is 441 g/mol. The van der Waals surface area contributed by atoms with Crippen LogP contribution < -0.4 is 16.6 Å². The van der Waals surface area contributed by atoms with Crippen LogP contribution >= 0.6 is 0 Å². The maximum absolute atomic E-state index is 13.4. The first-order chi connectivity index (χ1) is 15.7. The fourth-order valence-corrected chi connectivity index (χ4v) is 4.24. The van der Waals surface area contributed by atoms with E-state index in [9.17, 15) is 14.4 Å². The molecule has 0 unspecified atom stereocenters. The van der Waals surface area contributed by atoms with Crippen molar-refractivity contribution in [2.45, 2.75) is 40.8 Å². The lowest BCUT2D eigenvalue weighted by atomic mass is 10.1. The Labute approximate surface area is 192 Å². The van der Waals surface area contributed by atoms with E-state index >= 15 is 0 Å². The number of benzene rings is 3. The standard InChI is InChI=1S/C27H27N3O3/c1-17-9-11-21(12-10-17)15-30-26(32)22-7-5-6-8-23(22)29(27(30)33)16-24(31)28-25-19(3)13-18(2)14-20(25)4/h5-14H,15-16H2,1-4H3,(H,28,31). The van der Waals surface area contributed by atoms with Gasteiger partial charge in [0, 0.05) is 5.69 Å². The van der Waals surface area contributed by atoms with Crippen molar-refractivity contribution in [3.05, 3.63) is 109 Å². The summed E-state index contributed by atoms with van der Waals surface area (Å²) < 4.78 is 2.57. The van der Waals surface area contributed by atoms with Crippen LogP contribution in [0, 0.1) is 27.7 Å². The molecule has 168 valence electrons. The topological polar surface area (TPSA) is 73.1 Å². The Balaban J connectivity index is 1.75. The van der Waals surface area contributed by atoms with Crippen molar-refractivity contribution in [1.29, 1.82) is 0 Å². The maximum Gasteiger partial charge on any atom is 0.332 e. The minimum absolute atomic E-state index is 0.139. The van der Waals surface area contributed by atoms with E-state index < -0.39 is 5.69 Å². The molecule has 0 saturated heterocycles. The molecule has 0 saturated carbocycles. The largest absolute Gasteiger partial charge is 0.332 e. The van der Waals surface area contributed by atoms with E-state index in [0.29, 0.717) is 10.9 Å². The Bertz CT molecular complexity index is 1450. The van der Waals surface area contributed by atoms with Crippen LogP contribution in [0.4, 0.5) is 5.69 Å². The van der Waals surface area contributed by atoms with Gasteiger partial charge in [0.15, 0.2) is 0 Å². The second-order valence-corrected chi connectivity index (χ2v) is 8.58. The molecule has 1 heterocycles. The number of amides is 1. The highest BCUT2D eigenvalue weighted by molar-refractivity contribution is 5.93. The van der Waals surface area contributed by atoms with Crippen molar-refractivity contribution < 1.29 is 4.79 Å². The van der Waals surface area contributed by atoms with Gasteiger partial charge in [-0.3, -0.25) is 18.7 Å². The molecule has 4 rings (SSSR count). The number of nitrogens with zero attached hydrogens (tertiary/aromatic N) is 2. The number of fused-ring (bicyclic) bond motifs is 1. The number of hydrogen-bond donors (Lipinski definition) is 1. The molecule has 1 N–H and O–H groups in total. The molecule has 0 aliphatic heterocycles. The Morgan fingerprint density at radius 1 is 0.818 bits per heavy atom. The van der Waals surface area contributed by atoms with E-state index in [2.05, 4.69) is 5.32 Å². The first kappa shape index (κ1) is 22.3. The number of carbonyl (C=O) groups excluding carboxylic acids is 1. The maximum atomic E-state index is 13.4. The van der Waals surface area contributed by atoms with Gasteiger partial charge in [-0.25, -0.2) is 4.79 Å². The molecule has 1 aromatic heterocycles. The van der Waals surface area contributed by atoms with Crippen molar-refractivity contribution in [3.8, 4) is 0 Å². The molecule has 0 bridgehead atoms. The molecule has 0 atom stereocenters. The Morgan fingerprint density at radius 2 is 1.45 bits per heavy atom. The van der Waals surface area contributed by atoms with E-state index in [0.717, 1.165) is 33.5 Å². The summed E-state index contributed by atoms with van der Waals surface area (Å²) in [5.41, 5.74) is 5.30. The molecule has 0 aliphatic rings. The summed E-state index contributed by atoms with van der Waals surface area (Å²) in [5.74, 6) is -0.321. The minimum Gasteiger partial charge on any atom is -0.324 e. The highest BCUT2D eigenvalue weighted by Crippen LogP contribution is 2.22. The summed E-state index contributed by atoms with van der Waals surface area (Å²) in [7, 11) is 0. The summed E-state index contributed by atoms with van der Waals surface area (Å²) in [4.78, 5) is 39.5. The average molecular weight is 442 g/mol. The van der Waals surface area contributed by atoms with Crippen molar-refractivity contribution in [1.82, 2.24) is 9.13 Å². The summed E-state index contributed by atoms with van der Waals surface area (Å²) >= 11 is 0. The molecule has 1 amide bonds. The normalized spacial score (nSPS) is 11.0. The quantitative estimate of drug-likeness (QED) is 0.507. The fraction of sp³-hybridized carbons (Fsp3) is 0.222. The van der Waals surface area contributed by atoms with Crippen molar-refractivity contribution in [2.24, 2.45) is 0 Å². The summed E-state index contributed by atoms with van der Waals surface area (Å²) in [5, 5.41) is 3.35. The van der Waals surface area contributed by atoms with Gasteiger partial charge in [-0.05, 0) is 56.5 Å². The zero-order valence-electron chi connectivity index (χ0n) is 19.3. The first-order valence-electron chi connectivity index (χ1n) is 10.9. The van der Waals surface area contributed by atoms with Gasteiger partial charge in [0.1, 0.15) is 6.54 Å². The summed E-state index contributed by atoms with van der Waals surface area (Å²) in [6.07, 6.45) is 0. The van der Waals surface area contributed by atoms with Gasteiger partial charge >= 0.3 is 5.69 Å². The molecule has 0 fully saturated rings. The van der Waals surface area contributed by atoms with Crippen LogP contribution in [0.3, 0.4) is 0 Å². The van der Waals surface area contributed by atoms with Crippen LogP contribution in [-0.4, -0.2) is 15.0 Å². The lowest BCUT2D eigenvalue weighted by Gasteiger charge is -2.16. The van der Waals surface area contributed by atoms with Gasteiger partial charge in [-0.2, -0.15) is 0 Å². The number of carbonyl (C=O) groups is 1. The lowest BCUT2D eigenvalue weighted by Crippen LogP contribution is -2.42. The third kappa shape index (κ3) is 4.51. The molecule has 0 radical (unpaired) electrons. The molecule has 6 nitrogen and oxygen atoms in total. The summed E-state index contributed by atoms with van der Waals surface area (Å²) in [6.45, 7) is 7.82. The van der Waals surface area contributed by atoms with Crippen LogP contribution in [0.1, 0.15) is 27.8 Å². The third-order valence-electron chi connectivity index (χ3n) is 5.84. The van der Waals surface area contributed by atoms with Crippen LogP contribution in [0.5, 0.6) is 0 Å². The second kappa shape index (κ2) is 8.90. The molecule has 0 spiro atoms. The van der Waals surface area contributed by atoms with Crippen LogP contribution in [0.15, 0.2) is 70.3 Å². The number of para-hydroxylation sites is 1. The third-order valence-corrected chi connectivity index (χ3v) is 5.84. The highest BCUT2D eigenvalue weighted by atomic mass is 16.2. The van der Waals surface area contributed by atoms with E-state index in [-0.39, 0.29) is 24.6 Å². The van der Waals surface area contributed by atoms with Gasteiger partial charge in [0.25, 0.3) is 5.56 Å². The van der Waals surface area contributed by atoms with E-state index in [1.165, 1.54) is 9.13 Å². The molecule has 3 aromatic carbocycles. The number of aromatic nitrogens is 2. The van der Waals surface area contributed by atoms with Gasteiger partial charge < -0.3 is 5.32 Å². The van der Waals surface area contributed by atoms with Crippen molar-refractivity contribution in [2.75, 3.05) is 5.32 Å². The average Bonchev–Trinajstić information content (AvgIpc) is 2.78. The minimum atomic E-state index is -0.508. The molecule has 4 aromatic rings. The smallest absolute Gasteiger partial charge is 0.324 e. The molecule has 6 heteroatoms. The van der Waals surface area contributed by atoms with Crippen LogP contribution in [-0.2, 0) is 17.9 Å². The number of anilines is 1. The number of rotatable bonds is 5. The van der Waals surface area contributed by atoms with Crippen molar-refractivity contribution >= 4 is 22.5 Å². The second-order valence-electron chi connectivity index (χ2n) is 8.58. The predicted octanol–water partition coefficient (Wildman–Crippen LogP) is 4.08. The van der Waals surface area contributed by atoms with Crippen LogP contribution in [0.2, 0.25) is 0 Å². The molecule has 0 aliphatic carbocycles. The predicted molar refractivity (Wildman–Crippen MR) is 132 cm³/mol. The Hall–Kier alpha value is -3.93. The first-order valence-corrected chi connectivity index (χ1v) is 10.9.